The van der Waals surface area contributed by atoms with Crippen LogP contribution in [-0.4, -0.2) is 42.8 Å². The van der Waals surface area contributed by atoms with E-state index >= 15 is 0 Å². The van der Waals surface area contributed by atoms with Crippen molar-refractivity contribution in [1.29, 1.82) is 0 Å². The molecule has 0 fully saturated rings. The molecule has 0 aliphatic rings. The minimum absolute atomic E-state index is 0.00325. The van der Waals surface area contributed by atoms with Crippen molar-refractivity contribution < 1.29 is 19.8 Å². The van der Waals surface area contributed by atoms with Crippen LogP contribution in [0.4, 0.5) is 0 Å². The van der Waals surface area contributed by atoms with Crippen LogP contribution >= 0.6 is 0 Å². The van der Waals surface area contributed by atoms with Crippen LogP contribution in [0.2, 0.25) is 0 Å². The second-order valence-corrected chi connectivity index (χ2v) is 3.03. The van der Waals surface area contributed by atoms with Gasteiger partial charge in [0.05, 0.1) is 5.69 Å². The second kappa shape index (κ2) is 4.47. The van der Waals surface area contributed by atoms with Crippen LogP contribution < -0.4 is 4.74 Å². The van der Waals surface area contributed by atoms with Gasteiger partial charge < -0.3 is 15.1 Å². The van der Waals surface area contributed by atoms with Crippen molar-refractivity contribution in [3.05, 3.63) is 24.7 Å². The topological polar surface area (TPSA) is 110 Å². The van der Waals surface area contributed by atoms with Gasteiger partial charge in [-0.05, 0) is 6.07 Å². The molecule has 2 aromatic heterocycles. The fraction of sp³-hybridized carbons (Fsp3) is 0.111. The van der Waals surface area contributed by atoms with E-state index in [2.05, 4.69) is 15.1 Å². The van der Waals surface area contributed by atoms with Crippen molar-refractivity contribution in [2.45, 2.75) is 0 Å². The monoisotopic (exact) mass is 236 g/mol. The molecular weight excluding hydrogens is 228 g/mol. The number of rotatable bonds is 4. The van der Waals surface area contributed by atoms with E-state index in [1.165, 1.54) is 18.6 Å². The van der Waals surface area contributed by atoms with Crippen LogP contribution in [0, 0.1) is 0 Å². The van der Waals surface area contributed by atoms with Crippen LogP contribution in [0.5, 0.6) is 5.88 Å². The standard InChI is InChI=1S/C9H8N4O4/c14-9(15)4-17-8-3-7(13(16)12-8)6-1-2-10-5-11-6/h1-3,5,16H,4H2,(H,14,15). The van der Waals surface area contributed by atoms with Gasteiger partial charge in [0.1, 0.15) is 12.0 Å². The zero-order valence-electron chi connectivity index (χ0n) is 8.52. The van der Waals surface area contributed by atoms with Gasteiger partial charge in [-0.25, -0.2) is 14.8 Å². The van der Waals surface area contributed by atoms with Crippen molar-refractivity contribution in [1.82, 2.24) is 19.9 Å². The van der Waals surface area contributed by atoms with E-state index in [0.717, 1.165) is 0 Å². The second-order valence-electron chi connectivity index (χ2n) is 3.03. The summed E-state index contributed by atoms with van der Waals surface area (Å²) in [6, 6.07) is 2.95. The van der Waals surface area contributed by atoms with E-state index < -0.39 is 12.6 Å². The summed E-state index contributed by atoms with van der Waals surface area (Å²) in [5.74, 6) is -1.12. The number of hydrogen-bond donors (Lipinski definition) is 2. The minimum Gasteiger partial charge on any atom is -0.479 e. The van der Waals surface area contributed by atoms with E-state index in [1.54, 1.807) is 6.07 Å². The lowest BCUT2D eigenvalue weighted by molar-refractivity contribution is -0.139. The summed E-state index contributed by atoms with van der Waals surface area (Å²) in [6.45, 7) is -0.528. The molecule has 0 unspecified atom stereocenters. The molecule has 0 aromatic carbocycles. The van der Waals surface area contributed by atoms with Gasteiger partial charge in [-0.3, -0.25) is 0 Å². The predicted molar refractivity (Wildman–Crippen MR) is 53.6 cm³/mol. The van der Waals surface area contributed by atoms with E-state index in [0.29, 0.717) is 10.5 Å². The Bertz CT molecular complexity index is 525. The van der Waals surface area contributed by atoms with Gasteiger partial charge in [-0.2, -0.15) is 0 Å². The quantitative estimate of drug-likeness (QED) is 0.721. The molecule has 8 nitrogen and oxygen atoms in total. The number of ether oxygens (including phenoxy) is 1. The third kappa shape index (κ3) is 2.48. The van der Waals surface area contributed by atoms with Crippen molar-refractivity contribution >= 4 is 5.97 Å². The lowest BCUT2D eigenvalue weighted by Gasteiger charge is -1.96. The molecular formula is C9H8N4O4. The summed E-state index contributed by atoms with van der Waals surface area (Å²) in [7, 11) is 0. The number of carboxylic acid groups (broad SMARTS) is 1. The highest BCUT2D eigenvalue weighted by molar-refractivity contribution is 5.68. The molecule has 2 heterocycles. The molecule has 0 aliphatic carbocycles. The maximum atomic E-state index is 10.3. The van der Waals surface area contributed by atoms with E-state index in [9.17, 15) is 10.0 Å². The molecule has 17 heavy (non-hydrogen) atoms. The first-order chi connectivity index (χ1) is 8.16. The Labute approximate surface area is 95.1 Å². The van der Waals surface area contributed by atoms with Gasteiger partial charge in [0.15, 0.2) is 6.61 Å². The summed E-state index contributed by atoms with van der Waals surface area (Å²) in [5.41, 5.74) is 0.730. The highest BCUT2D eigenvalue weighted by Gasteiger charge is 2.12. The number of nitrogens with zero attached hydrogens (tertiary/aromatic N) is 4. The Morgan fingerprint density at radius 1 is 1.53 bits per heavy atom. The smallest absolute Gasteiger partial charge is 0.341 e. The third-order valence-electron chi connectivity index (χ3n) is 1.86. The Hall–Kier alpha value is -2.64. The van der Waals surface area contributed by atoms with Crippen LogP contribution in [0.15, 0.2) is 24.7 Å². The molecule has 0 spiro atoms. The first kappa shape index (κ1) is 10.9. The van der Waals surface area contributed by atoms with Crippen LogP contribution in [0.1, 0.15) is 0 Å². The van der Waals surface area contributed by atoms with Crippen LogP contribution in [-0.2, 0) is 4.79 Å². The Morgan fingerprint density at radius 2 is 2.35 bits per heavy atom. The average Bonchev–Trinajstić information content (AvgIpc) is 2.69. The van der Waals surface area contributed by atoms with Crippen LogP contribution in [0.25, 0.3) is 11.4 Å². The molecule has 2 aromatic rings. The summed E-state index contributed by atoms with van der Waals surface area (Å²) in [6.07, 6.45) is 2.83. The lowest BCUT2D eigenvalue weighted by Crippen LogP contribution is -2.09. The predicted octanol–water partition coefficient (Wildman–Crippen LogP) is 0.0408. The molecule has 0 radical (unpaired) electrons. The minimum atomic E-state index is -1.12. The summed E-state index contributed by atoms with van der Waals surface area (Å²) in [5, 5.41) is 21.5. The summed E-state index contributed by atoms with van der Waals surface area (Å²) in [4.78, 5) is 18.5. The Morgan fingerprint density at radius 3 is 3.00 bits per heavy atom. The maximum Gasteiger partial charge on any atom is 0.341 e. The Kier molecular flexibility index (Phi) is 2.86. The zero-order chi connectivity index (χ0) is 12.3. The van der Waals surface area contributed by atoms with Crippen molar-refractivity contribution in [2.75, 3.05) is 6.61 Å². The summed E-state index contributed by atoms with van der Waals surface area (Å²) < 4.78 is 4.82. The normalized spacial score (nSPS) is 10.1. The van der Waals surface area contributed by atoms with Crippen molar-refractivity contribution in [3.63, 3.8) is 0 Å². The number of carbonyl (C=O) groups is 1. The molecule has 8 heteroatoms. The number of hydrogen-bond acceptors (Lipinski definition) is 6. The molecule has 0 amide bonds. The lowest BCUT2D eigenvalue weighted by atomic mass is 10.3. The highest BCUT2D eigenvalue weighted by Crippen LogP contribution is 2.20. The fourth-order valence-corrected chi connectivity index (χ4v) is 1.18. The number of carboxylic acids is 1. The zero-order valence-corrected chi connectivity index (χ0v) is 8.52. The third-order valence-corrected chi connectivity index (χ3v) is 1.86. The SMILES string of the molecule is O=C(O)COc1cc(-c2ccncn2)n(O)n1. The largest absolute Gasteiger partial charge is 0.479 e. The van der Waals surface area contributed by atoms with Gasteiger partial charge in [-0.15, -0.1) is 0 Å². The first-order valence-corrected chi connectivity index (χ1v) is 4.57. The maximum absolute atomic E-state index is 10.3. The molecule has 88 valence electrons. The van der Waals surface area contributed by atoms with Gasteiger partial charge in [-0.1, -0.05) is 9.94 Å². The molecule has 0 atom stereocenters. The van der Waals surface area contributed by atoms with Crippen molar-refractivity contribution in [2.24, 2.45) is 0 Å². The van der Waals surface area contributed by atoms with E-state index in [-0.39, 0.29) is 11.6 Å². The molecule has 0 bridgehead atoms. The molecule has 0 saturated carbocycles. The Balaban J connectivity index is 2.22. The fourth-order valence-electron chi connectivity index (χ4n) is 1.18. The average molecular weight is 236 g/mol. The number of aliphatic carboxylic acids is 1. The number of aromatic nitrogens is 4. The van der Waals surface area contributed by atoms with Gasteiger partial charge in [0.25, 0.3) is 0 Å². The van der Waals surface area contributed by atoms with Gasteiger partial charge in [0.2, 0.25) is 5.88 Å². The van der Waals surface area contributed by atoms with E-state index in [1.807, 2.05) is 0 Å². The van der Waals surface area contributed by atoms with Gasteiger partial charge in [0, 0.05) is 12.3 Å². The van der Waals surface area contributed by atoms with E-state index in [4.69, 9.17) is 9.84 Å². The molecule has 2 N–H and O–H groups in total. The molecule has 0 aliphatic heterocycles. The molecule has 0 saturated heterocycles. The summed E-state index contributed by atoms with van der Waals surface area (Å²) >= 11 is 0. The first-order valence-electron chi connectivity index (χ1n) is 4.57. The molecule has 2 rings (SSSR count). The highest BCUT2D eigenvalue weighted by atomic mass is 16.5. The van der Waals surface area contributed by atoms with Crippen molar-refractivity contribution in [3.8, 4) is 17.3 Å². The van der Waals surface area contributed by atoms with Crippen LogP contribution in [0.3, 0.4) is 0 Å². The van der Waals surface area contributed by atoms with Gasteiger partial charge >= 0.3 is 5.97 Å².